The highest BCUT2D eigenvalue weighted by Crippen LogP contribution is 2.18. The van der Waals surface area contributed by atoms with Crippen molar-refractivity contribution in [2.24, 2.45) is 7.05 Å². The van der Waals surface area contributed by atoms with Gasteiger partial charge in [-0.05, 0) is 25.8 Å². The number of imidazole rings is 1. The molecule has 9 heteroatoms. The fourth-order valence-corrected chi connectivity index (χ4v) is 2.97. The molecule has 0 amide bonds. The topological polar surface area (TPSA) is 99.7 Å². The van der Waals surface area contributed by atoms with Gasteiger partial charge in [0.1, 0.15) is 0 Å². The fourth-order valence-electron chi connectivity index (χ4n) is 2.97. The minimum absolute atomic E-state index is 0.334. The van der Waals surface area contributed by atoms with Gasteiger partial charge in [0.15, 0.2) is 11.2 Å². The highest BCUT2D eigenvalue weighted by atomic mass is 16.5. The van der Waals surface area contributed by atoms with Gasteiger partial charge in [0.25, 0.3) is 5.56 Å². The minimum atomic E-state index is -0.492. The Bertz CT molecular complexity index is 1040. The summed E-state index contributed by atoms with van der Waals surface area (Å²) in [5, 5.41) is 4.63. The van der Waals surface area contributed by atoms with E-state index in [9.17, 15) is 9.59 Å². The molecule has 0 radical (unpaired) electrons. The number of fused-ring (bicyclic) bond motifs is 1. The monoisotopic (exact) mass is 360 g/mol. The third-order valence-corrected chi connectivity index (χ3v) is 4.40. The number of hydrogen-bond donors (Lipinski definition) is 1. The lowest BCUT2D eigenvalue weighted by atomic mass is 10.3. The Balaban J connectivity index is 2.30. The van der Waals surface area contributed by atoms with E-state index in [-0.39, 0.29) is 0 Å². The van der Waals surface area contributed by atoms with Crippen LogP contribution >= 0.6 is 0 Å². The summed E-state index contributed by atoms with van der Waals surface area (Å²) in [5.74, 6) is 0.517. The molecule has 1 N–H and O–H groups in total. The van der Waals surface area contributed by atoms with Crippen LogP contribution in [0.25, 0.3) is 17.1 Å². The number of ether oxygens (including phenoxy) is 1. The maximum Gasteiger partial charge on any atom is 0.329 e. The van der Waals surface area contributed by atoms with E-state index >= 15 is 0 Å². The molecule has 140 valence electrons. The van der Waals surface area contributed by atoms with Gasteiger partial charge in [-0.1, -0.05) is 13.8 Å². The van der Waals surface area contributed by atoms with Crippen LogP contribution < -0.4 is 11.2 Å². The molecule has 0 aromatic carbocycles. The van der Waals surface area contributed by atoms with Crippen molar-refractivity contribution in [1.82, 2.24) is 28.9 Å². The maximum atomic E-state index is 12.5. The number of aryl methyl sites for hydroxylation is 3. The van der Waals surface area contributed by atoms with Gasteiger partial charge in [-0.2, -0.15) is 10.1 Å². The van der Waals surface area contributed by atoms with Crippen LogP contribution in [-0.2, 0) is 31.2 Å². The molecule has 0 fully saturated rings. The Morgan fingerprint density at radius 3 is 2.62 bits per heavy atom. The zero-order valence-electron chi connectivity index (χ0n) is 15.6. The number of H-pyrrole nitrogens is 1. The summed E-state index contributed by atoms with van der Waals surface area (Å²) in [6.45, 7) is 7.45. The van der Waals surface area contributed by atoms with E-state index in [1.54, 1.807) is 16.3 Å². The third kappa shape index (κ3) is 2.98. The van der Waals surface area contributed by atoms with Crippen LogP contribution in [0.5, 0.6) is 0 Å². The van der Waals surface area contributed by atoms with Gasteiger partial charge in [0.05, 0.1) is 12.3 Å². The SMILES string of the molecule is CCOCCn1c(-n2nc(CC)cc2CC)nc2c1c(=O)[nH]c(=O)n2C. The van der Waals surface area contributed by atoms with Crippen LogP contribution in [0.1, 0.15) is 32.2 Å². The van der Waals surface area contributed by atoms with E-state index in [2.05, 4.69) is 15.1 Å². The molecule has 3 heterocycles. The van der Waals surface area contributed by atoms with Gasteiger partial charge >= 0.3 is 5.69 Å². The van der Waals surface area contributed by atoms with E-state index in [4.69, 9.17) is 4.74 Å². The molecule has 0 aliphatic heterocycles. The van der Waals surface area contributed by atoms with Crippen molar-refractivity contribution in [3.05, 3.63) is 38.3 Å². The summed E-state index contributed by atoms with van der Waals surface area (Å²) in [6.07, 6.45) is 1.58. The molecule has 26 heavy (non-hydrogen) atoms. The lowest BCUT2D eigenvalue weighted by molar-refractivity contribution is 0.139. The van der Waals surface area contributed by atoms with Crippen LogP contribution in [0.3, 0.4) is 0 Å². The number of nitrogens with zero attached hydrogens (tertiary/aromatic N) is 5. The molecule has 0 unspecified atom stereocenters. The lowest BCUT2D eigenvalue weighted by Gasteiger charge is -2.10. The van der Waals surface area contributed by atoms with Crippen LogP contribution in [0.15, 0.2) is 15.7 Å². The first-order valence-electron chi connectivity index (χ1n) is 8.87. The van der Waals surface area contributed by atoms with E-state index in [0.29, 0.717) is 36.9 Å². The van der Waals surface area contributed by atoms with Crippen LogP contribution in [0.4, 0.5) is 0 Å². The largest absolute Gasteiger partial charge is 0.380 e. The number of aromatic amines is 1. The summed E-state index contributed by atoms with van der Waals surface area (Å²) >= 11 is 0. The van der Waals surface area contributed by atoms with Crippen molar-refractivity contribution in [2.75, 3.05) is 13.2 Å². The van der Waals surface area contributed by atoms with Crippen LogP contribution in [0.2, 0.25) is 0 Å². The van der Waals surface area contributed by atoms with Gasteiger partial charge in [0.2, 0.25) is 5.95 Å². The van der Waals surface area contributed by atoms with Crippen molar-refractivity contribution in [1.29, 1.82) is 0 Å². The fraction of sp³-hybridized carbons (Fsp3) is 0.529. The standard InChI is InChI=1S/C17H24N6O3/c1-5-11-10-12(6-2)23(20-11)16-18-14-13(22(16)8-9-26-7-3)15(24)19-17(25)21(14)4/h10H,5-9H2,1-4H3,(H,19,24,25). The van der Waals surface area contributed by atoms with Gasteiger partial charge < -0.3 is 9.30 Å². The second kappa shape index (κ2) is 7.28. The van der Waals surface area contributed by atoms with Crippen molar-refractivity contribution >= 4 is 11.2 Å². The summed E-state index contributed by atoms with van der Waals surface area (Å²) in [6, 6.07) is 2.04. The third-order valence-electron chi connectivity index (χ3n) is 4.40. The summed E-state index contributed by atoms with van der Waals surface area (Å²) in [5.41, 5.74) is 1.68. The van der Waals surface area contributed by atoms with Crippen molar-refractivity contribution < 1.29 is 4.74 Å². The van der Waals surface area contributed by atoms with E-state index in [0.717, 1.165) is 24.2 Å². The Hall–Kier alpha value is -2.68. The molecular formula is C17H24N6O3. The molecule has 0 atom stereocenters. The number of aromatic nitrogens is 6. The highest BCUT2D eigenvalue weighted by molar-refractivity contribution is 5.72. The smallest absolute Gasteiger partial charge is 0.329 e. The predicted molar refractivity (Wildman–Crippen MR) is 98.0 cm³/mol. The number of nitrogens with one attached hydrogen (secondary N) is 1. The Kier molecular flexibility index (Phi) is 5.08. The van der Waals surface area contributed by atoms with Crippen molar-refractivity contribution in [2.45, 2.75) is 40.2 Å². The molecule has 0 aliphatic carbocycles. The summed E-state index contributed by atoms with van der Waals surface area (Å²) in [7, 11) is 1.59. The zero-order chi connectivity index (χ0) is 18.8. The Morgan fingerprint density at radius 2 is 1.96 bits per heavy atom. The van der Waals surface area contributed by atoms with Gasteiger partial charge in [-0.3, -0.25) is 14.3 Å². The van der Waals surface area contributed by atoms with Crippen LogP contribution in [-0.4, -0.2) is 42.1 Å². The molecule has 0 spiro atoms. The highest BCUT2D eigenvalue weighted by Gasteiger charge is 2.20. The first kappa shape index (κ1) is 18.1. The molecule has 0 saturated carbocycles. The molecule has 3 aromatic heterocycles. The van der Waals surface area contributed by atoms with E-state index in [1.165, 1.54) is 4.57 Å². The van der Waals surface area contributed by atoms with E-state index < -0.39 is 11.2 Å². The zero-order valence-corrected chi connectivity index (χ0v) is 15.6. The maximum absolute atomic E-state index is 12.5. The number of rotatable bonds is 7. The minimum Gasteiger partial charge on any atom is -0.380 e. The molecular weight excluding hydrogens is 336 g/mol. The van der Waals surface area contributed by atoms with Crippen molar-refractivity contribution in [3.63, 3.8) is 0 Å². The normalized spacial score (nSPS) is 11.5. The van der Waals surface area contributed by atoms with Gasteiger partial charge in [-0.15, -0.1) is 0 Å². The van der Waals surface area contributed by atoms with Crippen LogP contribution in [0, 0.1) is 0 Å². The quantitative estimate of drug-likeness (QED) is 0.628. The second-order valence-electron chi connectivity index (χ2n) is 6.00. The molecule has 3 aromatic rings. The molecule has 0 bridgehead atoms. The second-order valence-corrected chi connectivity index (χ2v) is 6.00. The lowest BCUT2D eigenvalue weighted by Crippen LogP contribution is -2.29. The molecule has 0 saturated heterocycles. The summed E-state index contributed by atoms with van der Waals surface area (Å²) < 4.78 is 10.3. The average Bonchev–Trinajstić information content (AvgIpc) is 3.21. The number of hydrogen-bond acceptors (Lipinski definition) is 5. The van der Waals surface area contributed by atoms with E-state index in [1.807, 2.05) is 26.8 Å². The van der Waals surface area contributed by atoms with Crippen molar-refractivity contribution in [3.8, 4) is 5.95 Å². The average molecular weight is 360 g/mol. The van der Waals surface area contributed by atoms with Gasteiger partial charge in [0, 0.05) is 25.9 Å². The van der Waals surface area contributed by atoms with Gasteiger partial charge in [-0.25, -0.2) is 9.48 Å². The first-order chi connectivity index (χ1) is 12.5. The molecule has 0 aliphatic rings. The molecule has 9 nitrogen and oxygen atoms in total. The molecule has 3 rings (SSSR count). The summed E-state index contributed by atoms with van der Waals surface area (Å²) in [4.78, 5) is 31.4. The predicted octanol–water partition coefficient (Wildman–Crippen LogP) is 0.770. The Labute approximate surface area is 150 Å². The Morgan fingerprint density at radius 1 is 1.19 bits per heavy atom. The first-order valence-corrected chi connectivity index (χ1v) is 8.87.